The number of hydrogen-bond acceptors (Lipinski definition) is 6. The molecule has 0 aliphatic carbocycles. The average Bonchev–Trinajstić information content (AvgIpc) is 2.70. The van der Waals surface area contributed by atoms with Crippen LogP contribution >= 0.6 is 0 Å². The van der Waals surface area contributed by atoms with Gasteiger partial charge in [0.15, 0.2) is 0 Å². The minimum absolute atomic E-state index is 0.0196. The molecule has 11 heteroatoms. The van der Waals surface area contributed by atoms with E-state index in [1.54, 1.807) is 6.92 Å². The molecule has 32 heavy (non-hydrogen) atoms. The molecule has 0 saturated carbocycles. The minimum Gasteiger partial charge on any atom is -0.491 e. The van der Waals surface area contributed by atoms with Crippen LogP contribution in [0.2, 0.25) is 0 Å². The maximum Gasteiger partial charge on any atom is 0.242 e. The number of hydrogen-bond donors (Lipinski definition) is 1. The standard InChI is InChI=1S/C21H29N3O6S2/c1-16-8-6-7-9-20(16)30-15-17(2)22-21(25)14-24(31(5,26)27)18-10-12-19(13-11-18)32(28,29)23(3)4/h6-13,17H,14-15H2,1-5H3,(H,22,25). The van der Waals surface area contributed by atoms with Crippen LogP contribution in [-0.4, -0.2) is 66.6 Å². The molecule has 2 aromatic carbocycles. The third kappa shape index (κ3) is 6.68. The molecule has 0 spiro atoms. The highest BCUT2D eigenvalue weighted by molar-refractivity contribution is 7.92. The van der Waals surface area contributed by atoms with E-state index in [0.29, 0.717) is 5.75 Å². The zero-order chi connectivity index (χ0) is 24.1. The third-order valence-corrected chi connectivity index (χ3v) is 7.55. The van der Waals surface area contributed by atoms with Crippen LogP contribution in [0.1, 0.15) is 12.5 Å². The first kappa shape index (κ1) is 25.6. The van der Waals surface area contributed by atoms with Gasteiger partial charge in [0.25, 0.3) is 0 Å². The van der Waals surface area contributed by atoms with E-state index >= 15 is 0 Å². The molecule has 2 aromatic rings. The Kier molecular flexibility index (Phi) is 8.27. The second kappa shape index (κ2) is 10.3. The monoisotopic (exact) mass is 483 g/mol. The zero-order valence-corrected chi connectivity index (χ0v) is 20.4. The van der Waals surface area contributed by atoms with Gasteiger partial charge in [-0.2, -0.15) is 0 Å². The minimum atomic E-state index is -3.79. The van der Waals surface area contributed by atoms with Gasteiger partial charge in [-0.3, -0.25) is 9.10 Å². The molecule has 9 nitrogen and oxygen atoms in total. The maximum absolute atomic E-state index is 12.5. The Hall–Kier alpha value is -2.63. The van der Waals surface area contributed by atoms with E-state index in [-0.39, 0.29) is 23.2 Å². The summed E-state index contributed by atoms with van der Waals surface area (Å²) in [5.41, 5.74) is 1.15. The van der Waals surface area contributed by atoms with Gasteiger partial charge in [0.1, 0.15) is 18.9 Å². The van der Waals surface area contributed by atoms with Crippen molar-refractivity contribution in [3.05, 3.63) is 54.1 Å². The second-order valence-electron chi connectivity index (χ2n) is 7.60. The molecule has 0 radical (unpaired) electrons. The van der Waals surface area contributed by atoms with Crippen molar-refractivity contribution in [1.82, 2.24) is 9.62 Å². The summed E-state index contributed by atoms with van der Waals surface area (Å²) in [5.74, 6) is 0.195. The number of aryl methyl sites for hydroxylation is 1. The summed E-state index contributed by atoms with van der Waals surface area (Å²) < 4.78 is 56.7. The number of sulfonamides is 2. The Morgan fingerprint density at radius 2 is 1.62 bits per heavy atom. The number of para-hydroxylation sites is 1. The summed E-state index contributed by atoms with van der Waals surface area (Å²) in [6, 6.07) is 12.5. The van der Waals surface area contributed by atoms with Crippen molar-refractivity contribution in [2.24, 2.45) is 0 Å². The predicted molar refractivity (Wildman–Crippen MR) is 124 cm³/mol. The average molecular weight is 484 g/mol. The number of anilines is 1. The molecule has 0 bridgehead atoms. The summed E-state index contributed by atoms with van der Waals surface area (Å²) in [6.07, 6.45) is 0.982. The molecular formula is C21H29N3O6S2. The molecule has 0 fully saturated rings. The van der Waals surface area contributed by atoms with E-state index in [9.17, 15) is 21.6 Å². The smallest absolute Gasteiger partial charge is 0.242 e. The van der Waals surface area contributed by atoms with Crippen LogP contribution in [0.4, 0.5) is 5.69 Å². The van der Waals surface area contributed by atoms with E-state index in [4.69, 9.17) is 4.74 Å². The Balaban J connectivity index is 2.07. The molecule has 1 amide bonds. The van der Waals surface area contributed by atoms with Crippen LogP contribution in [0.25, 0.3) is 0 Å². The molecule has 0 heterocycles. The molecule has 0 aromatic heterocycles. The van der Waals surface area contributed by atoms with E-state index in [1.165, 1.54) is 38.4 Å². The number of carbonyl (C=O) groups excluding carboxylic acids is 1. The van der Waals surface area contributed by atoms with E-state index in [0.717, 1.165) is 20.4 Å². The second-order valence-corrected chi connectivity index (χ2v) is 11.7. The zero-order valence-electron chi connectivity index (χ0n) is 18.8. The van der Waals surface area contributed by atoms with Crippen molar-refractivity contribution >= 4 is 31.6 Å². The lowest BCUT2D eigenvalue weighted by atomic mass is 10.2. The van der Waals surface area contributed by atoms with Gasteiger partial charge in [-0.15, -0.1) is 0 Å². The normalized spacial score (nSPS) is 12.9. The quantitative estimate of drug-likeness (QED) is 0.549. The summed E-state index contributed by atoms with van der Waals surface area (Å²) in [5, 5.41) is 2.72. The fourth-order valence-electron chi connectivity index (χ4n) is 2.82. The number of benzene rings is 2. The first-order valence-corrected chi connectivity index (χ1v) is 13.1. The lowest BCUT2D eigenvalue weighted by Crippen LogP contribution is -2.44. The van der Waals surface area contributed by atoms with Crippen molar-refractivity contribution in [2.75, 3.05) is 37.8 Å². The van der Waals surface area contributed by atoms with Crippen LogP contribution in [0, 0.1) is 6.92 Å². The Morgan fingerprint density at radius 3 is 2.16 bits per heavy atom. The van der Waals surface area contributed by atoms with Gasteiger partial charge in [-0.05, 0) is 49.7 Å². The Bertz CT molecular complexity index is 1150. The first-order valence-electron chi connectivity index (χ1n) is 9.80. The number of ether oxygens (including phenoxy) is 1. The first-order chi connectivity index (χ1) is 14.8. The summed E-state index contributed by atoms with van der Waals surface area (Å²) in [4.78, 5) is 12.5. The lowest BCUT2D eigenvalue weighted by molar-refractivity contribution is -0.120. The Labute approximate surface area is 190 Å². The van der Waals surface area contributed by atoms with E-state index < -0.39 is 32.5 Å². The van der Waals surface area contributed by atoms with Crippen LogP contribution in [0.5, 0.6) is 5.75 Å². The Morgan fingerprint density at radius 1 is 1.03 bits per heavy atom. The van der Waals surface area contributed by atoms with Crippen molar-refractivity contribution in [1.29, 1.82) is 0 Å². The number of amides is 1. The van der Waals surface area contributed by atoms with Crippen molar-refractivity contribution in [3.8, 4) is 5.75 Å². The van der Waals surface area contributed by atoms with Gasteiger partial charge >= 0.3 is 0 Å². The van der Waals surface area contributed by atoms with E-state index in [2.05, 4.69) is 5.32 Å². The number of nitrogens with one attached hydrogen (secondary N) is 1. The number of nitrogens with zero attached hydrogens (tertiary/aromatic N) is 2. The highest BCUT2D eigenvalue weighted by Gasteiger charge is 2.23. The van der Waals surface area contributed by atoms with Crippen LogP contribution < -0.4 is 14.4 Å². The fraction of sp³-hybridized carbons (Fsp3) is 0.381. The van der Waals surface area contributed by atoms with Gasteiger partial charge < -0.3 is 10.1 Å². The molecule has 1 unspecified atom stereocenters. The molecule has 2 rings (SSSR count). The van der Waals surface area contributed by atoms with Gasteiger partial charge in [0, 0.05) is 14.1 Å². The molecule has 0 aliphatic rings. The highest BCUT2D eigenvalue weighted by Crippen LogP contribution is 2.21. The number of carbonyl (C=O) groups is 1. The molecule has 176 valence electrons. The summed E-state index contributed by atoms with van der Waals surface area (Å²) in [7, 11) is -4.64. The van der Waals surface area contributed by atoms with Gasteiger partial charge in [0.2, 0.25) is 26.0 Å². The van der Waals surface area contributed by atoms with Crippen LogP contribution in [0.15, 0.2) is 53.4 Å². The summed E-state index contributed by atoms with van der Waals surface area (Å²) >= 11 is 0. The van der Waals surface area contributed by atoms with E-state index in [1.807, 2.05) is 31.2 Å². The fourth-order valence-corrected chi connectivity index (χ4v) is 4.58. The highest BCUT2D eigenvalue weighted by atomic mass is 32.2. The van der Waals surface area contributed by atoms with Crippen molar-refractivity contribution in [2.45, 2.75) is 24.8 Å². The molecule has 0 aliphatic heterocycles. The molecule has 1 N–H and O–H groups in total. The lowest BCUT2D eigenvalue weighted by Gasteiger charge is -2.23. The summed E-state index contributed by atoms with van der Waals surface area (Å²) in [6.45, 7) is 3.43. The topological polar surface area (TPSA) is 113 Å². The molecular weight excluding hydrogens is 454 g/mol. The largest absolute Gasteiger partial charge is 0.491 e. The van der Waals surface area contributed by atoms with Gasteiger partial charge in [-0.25, -0.2) is 21.1 Å². The molecule has 0 saturated heterocycles. The molecule has 1 atom stereocenters. The van der Waals surface area contributed by atoms with Gasteiger partial charge in [-0.1, -0.05) is 18.2 Å². The van der Waals surface area contributed by atoms with Crippen molar-refractivity contribution in [3.63, 3.8) is 0 Å². The number of rotatable bonds is 10. The van der Waals surface area contributed by atoms with Crippen LogP contribution in [-0.2, 0) is 24.8 Å². The predicted octanol–water partition coefficient (Wildman–Crippen LogP) is 1.60. The van der Waals surface area contributed by atoms with Crippen molar-refractivity contribution < 1.29 is 26.4 Å². The SMILES string of the molecule is Cc1ccccc1OCC(C)NC(=O)CN(c1ccc(S(=O)(=O)N(C)C)cc1)S(C)(=O)=O. The van der Waals surface area contributed by atoms with Crippen LogP contribution in [0.3, 0.4) is 0 Å². The third-order valence-electron chi connectivity index (χ3n) is 4.58. The van der Waals surface area contributed by atoms with Gasteiger partial charge in [0.05, 0.1) is 22.9 Å². The maximum atomic E-state index is 12.5.